The normalized spacial score (nSPS) is 14.4. The molecule has 0 radical (unpaired) electrons. The molecule has 0 aromatic heterocycles. The Hall–Kier alpha value is -2.54. The Kier molecular flexibility index (Phi) is 7.28. The van der Waals surface area contributed by atoms with Crippen molar-refractivity contribution in [2.45, 2.75) is 6.92 Å². The monoisotopic (exact) mass is 349 g/mol. The number of amides is 1. The average Bonchev–Trinajstić information content (AvgIpc) is 2.66. The van der Waals surface area contributed by atoms with Crippen LogP contribution in [0.15, 0.2) is 24.3 Å². The first-order valence-corrected chi connectivity index (χ1v) is 8.15. The van der Waals surface area contributed by atoms with Crippen molar-refractivity contribution < 1.29 is 28.5 Å². The van der Waals surface area contributed by atoms with Gasteiger partial charge in [0.2, 0.25) is 0 Å². The van der Waals surface area contributed by atoms with Gasteiger partial charge in [-0.25, -0.2) is 4.79 Å². The quantitative estimate of drug-likeness (QED) is 0.549. The molecule has 7 nitrogen and oxygen atoms in total. The van der Waals surface area contributed by atoms with Crippen molar-refractivity contribution in [1.29, 1.82) is 0 Å². The maximum absolute atomic E-state index is 11.9. The van der Waals surface area contributed by atoms with Gasteiger partial charge in [0, 0.05) is 19.2 Å². The Bertz CT molecular complexity index is 622. The second-order valence-corrected chi connectivity index (χ2v) is 5.28. The van der Waals surface area contributed by atoms with Crippen LogP contribution in [0.5, 0.6) is 11.5 Å². The number of hydrogen-bond donors (Lipinski definition) is 0. The number of methoxy groups -OCH3 is 1. The maximum atomic E-state index is 11.9. The summed E-state index contributed by atoms with van der Waals surface area (Å²) in [5.41, 5.74) is 0.761. The summed E-state index contributed by atoms with van der Waals surface area (Å²) in [6.45, 7) is 4.24. The molecule has 0 aliphatic carbocycles. The lowest BCUT2D eigenvalue weighted by Gasteiger charge is -2.26. The topological polar surface area (TPSA) is 74.3 Å². The highest BCUT2D eigenvalue weighted by Crippen LogP contribution is 2.28. The fourth-order valence-corrected chi connectivity index (χ4v) is 2.31. The summed E-state index contributed by atoms with van der Waals surface area (Å²) in [5.74, 6) is 0.433. The summed E-state index contributed by atoms with van der Waals surface area (Å²) < 4.78 is 20.9. The molecule has 0 atom stereocenters. The number of rotatable bonds is 7. The molecule has 1 aliphatic rings. The van der Waals surface area contributed by atoms with Crippen molar-refractivity contribution in [3.63, 3.8) is 0 Å². The number of ether oxygens (including phenoxy) is 4. The summed E-state index contributed by atoms with van der Waals surface area (Å²) in [5, 5.41) is 0. The van der Waals surface area contributed by atoms with Gasteiger partial charge in [0.15, 0.2) is 18.1 Å². The van der Waals surface area contributed by atoms with E-state index in [-0.39, 0.29) is 12.5 Å². The molecule has 25 heavy (non-hydrogen) atoms. The molecular formula is C18H23NO6. The summed E-state index contributed by atoms with van der Waals surface area (Å²) in [6.07, 6.45) is 2.88. The Morgan fingerprint density at radius 2 is 2.00 bits per heavy atom. The summed E-state index contributed by atoms with van der Waals surface area (Å²) >= 11 is 0. The number of carbonyl (C=O) groups is 2. The second-order valence-electron chi connectivity index (χ2n) is 5.28. The first kappa shape index (κ1) is 18.8. The molecular weight excluding hydrogens is 326 g/mol. The Labute approximate surface area is 147 Å². The van der Waals surface area contributed by atoms with E-state index in [4.69, 9.17) is 18.9 Å². The fraction of sp³-hybridized carbons (Fsp3) is 0.444. The molecule has 1 aliphatic heterocycles. The molecule has 1 fully saturated rings. The van der Waals surface area contributed by atoms with Crippen LogP contribution in [0, 0.1) is 0 Å². The van der Waals surface area contributed by atoms with Crippen LogP contribution in [0.3, 0.4) is 0 Å². The lowest BCUT2D eigenvalue weighted by molar-refractivity contribution is -0.150. The van der Waals surface area contributed by atoms with Crippen LogP contribution >= 0.6 is 0 Å². The Morgan fingerprint density at radius 3 is 2.68 bits per heavy atom. The molecule has 0 unspecified atom stereocenters. The van der Waals surface area contributed by atoms with Crippen LogP contribution in [0.25, 0.3) is 6.08 Å². The predicted molar refractivity (Wildman–Crippen MR) is 91.6 cm³/mol. The number of nitrogens with zero attached hydrogens (tertiary/aromatic N) is 1. The Morgan fingerprint density at radius 1 is 1.24 bits per heavy atom. The first-order chi connectivity index (χ1) is 12.1. The van der Waals surface area contributed by atoms with Crippen LogP contribution in [0.2, 0.25) is 0 Å². The van der Waals surface area contributed by atoms with Gasteiger partial charge in [0.25, 0.3) is 5.91 Å². The smallest absolute Gasteiger partial charge is 0.331 e. The van der Waals surface area contributed by atoms with Crippen molar-refractivity contribution in [1.82, 2.24) is 4.90 Å². The van der Waals surface area contributed by atoms with Gasteiger partial charge in [-0.3, -0.25) is 4.79 Å². The fourth-order valence-electron chi connectivity index (χ4n) is 2.31. The highest BCUT2D eigenvalue weighted by Gasteiger charge is 2.17. The lowest BCUT2D eigenvalue weighted by Crippen LogP contribution is -2.42. The van der Waals surface area contributed by atoms with E-state index in [1.807, 2.05) is 6.92 Å². The standard InChI is InChI=1S/C18H23NO6/c1-3-24-15-6-4-14(12-16(15)22-2)5-7-18(21)25-13-17(20)19-8-10-23-11-9-19/h4-7,12H,3,8-11,13H2,1-2H3/b7-5+. The van der Waals surface area contributed by atoms with E-state index in [0.717, 1.165) is 5.56 Å². The predicted octanol–water partition coefficient (Wildman–Crippen LogP) is 1.51. The SMILES string of the molecule is CCOc1ccc(/C=C/C(=O)OCC(=O)N2CCOCC2)cc1OC. The van der Waals surface area contributed by atoms with E-state index < -0.39 is 5.97 Å². The minimum Gasteiger partial charge on any atom is -0.493 e. The molecule has 7 heteroatoms. The molecule has 2 rings (SSSR count). The van der Waals surface area contributed by atoms with Crippen molar-refractivity contribution in [3.8, 4) is 11.5 Å². The highest BCUT2D eigenvalue weighted by molar-refractivity contribution is 5.89. The van der Waals surface area contributed by atoms with Crippen molar-refractivity contribution in [2.24, 2.45) is 0 Å². The molecule has 0 bridgehead atoms. The number of morpholine rings is 1. The largest absolute Gasteiger partial charge is 0.493 e. The number of esters is 1. The van der Waals surface area contributed by atoms with Gasteiger partial charge < -0.3 is 23.8 Å². The van der Waals surface area contributed by atoms with Crippen LogP contribution in [0.1, 0.15) is 12.5 Å². The third-order valence-electron chi connectivity index (χ3n) is 3.60. The molecule has 1 aromatic rings. The number of carbonyl (C=O) groups excluding carboxylic acids is 2. The van der Waals surface area contributed by atoms with Crippen LogP contribution in [-0.2, 0) is 19.1 Å². The van der Waals surface area contributed by atoms with E-state index in [0.29, 0.717) is 44.4 Å². The third-order valence-corrected chi connectivity index (χ3v) is 3.60. The van der Waals surface area contributed by atoms with Gasteiger partial charge in [-0.2, -0.15) is 0 Å². The van der Waals surface area contributed by atoms with Crippen LogP contribution in [0.4, 0.5) is 0 Å². The molecule has 1 heterocycles. The van der Waals surface area contributed by atoms with E-state index >= 15 is 0 Å². The average molecular weight is 349 g/mol. The van der Waals surface area contributed by atoms with Gasteiger partial charge in [-0.05, 0) is 30.7 Å². The van der Waals surface area contributed by atoms with Gasteiger partial charge in [0.05, 0.1) is 26.9 Å². The number of benzene rings is 1. The molecule has 0 N–H and O–H groups in total. The summed E-state index contributed by atoms with van der Waals surface area (Å²) in [7, 11) is 1.55. The van der Waals surface area contributed by atoms with E-state index in [2.05, 4.69) is 0 Å². The lowest BCUT2D eigenvalue weighted by atomic mass is 10.2. The summed E-state index contributed by atoms with van der Waals surface area (Å²) in [4.78, 5) is 25.3. The maximum Gasteiger partial charge on any atom is 0.331 e. The van der Waals surface area contributed by atoms with E-state index in [1.54, 1.807) is 36.3 Å². The third kappa shape index (κ3) is 5.79. The molecule has 1 saturated heterocycles. The van der Waals surface area contributed by atoms with Crippen molar-refractivity contribution >= 4 is 18.0 Å². The van der Waals surface area contributed by atoms with Crippen molar-refractivity contribution in [3.05, 3.63) is 29.8 Å². The van der Waals surface area contributed by atoms with E-state index in [1.165, 1.54) is 6.08 Å². The molecule has 136 valence electrons. The van der Waals surface area contributed by atoms with Gasteiger partial charge in [-0.1, -0.05) is 6.07 Å². The highest BCUT2D eigenvalue weighted by atomic mass is 16.5. The second kappa shape index (κ2) is 9.68. The zero-order valence-corrected chi connectivity index (χ0v) is 14.5. The minimum absolute atomic E-state index is 0.215. The molecule has 1 amide bonds. The molecule has 0 spiro atoms. The Balaban J connectivity index is 1.86. The molecule has 1 aromatic carbocycles. The van der Waals surface area contributed by atoms with Gasteiger partial charge in [-0.15, -0.1) is 0 Å². The zero-order chi connectivity index (χ0) is 18.1. The minimum atomic E-state index is -0.575. The summed E-state index contributed by atoms with van der Waals surface area (Å²) in [6, 6.07) is 5.33. The number of hydrogen-bond acceptors (Lipinski definition) is 6. The first-order valence-electron chi connectivity index (χ1n) is 8.15. The van der Waals surface area contributed by atoms with Crippen LogP contribution < -0.4 is 9.47 Å². The van der Waals surface area contributed by atoms with Crippen molar-refractivity contribution in [2.75, 3.05) is 46.6 Å². The van der Waals surface area contributed by atoms with Crippen LogP contribution in [-0.4, -0.2) is 63.4 Å². The molecule has 0 saturated carbocycles. The van der Waals surface area contributed by atoms with E-state index in [9.17, 15) is 9.59 Å². The van der Waals surface area contributed by atoms with Gasteiger partial charge >= 0.3 is 5.97 Å². The van der Waals surface area contributed by atoms with Gasteiger partial charge in [0.1, 0.15) is 0 Å². The zero-order valence-electron chi connectivity index (χ0n) is 14.5.